The van der Waals surface area contributed by atoms with Crippen molar-refractivity contribution in [2.45, 2.75) is 101 Å². The van der Waals surface area contributed by atoms with Crippen LogP contribution in [0.4, 0.5) is 43.9 Å². The molecule has 36 heteroatoms. The highest BCUT2D eigenvalue weighted by atomic mass is 32.2. The predicted octanol–water partition coefficient (Wildman–Crippen LogP) is 19.6. The van der Waals surface area contributed by atoms with Crippen LogP contribution in [-0.2, 0) is 51.8 Å². The Morgan fingerprint density at radius 1 is 0.415 bits per heavy atom. The summed E-state index contributed by atoms with van der Waals surface area (Å²) in [6.07, 6.45) is 10.5. The van der Waals surface area contributed by atoms with Crippen molar-refractivity contribution in [1.29, 1.82) is 0 Å². The van der Waals surface area contributed by atoms with Gasteiger partial charge in [0.25, 0.3) is 0 Å². The highest BCUT2D eigenvalue weighted by molar-refractivity contribution is 8.04. The topological polar surface area (TPSA) is 293 Å². The molecule has 1 aliphatic rings. The molecule has 2 unspecified atom stereocenters. The predicted molar refractivity (Wildman–Crippen MR) is 428 cm³/mol. The maximum atomic E-state index is 14.0. The molecule has 0 spiro atoms. The summed E-state index contributed by atoms with van der Waals surface area (Å²) in [6, 6.07) is 49.5. The van der Waals surface area contributed by atoms with Gasteiger partial charge in [0.2, 0.25) is 11.6 Å². The molecule has 0 aromatic heterocycles. The molecule has 9 aromatic rings. The maximum absolute atomic E-state index is 14.0. The standard InChI is InChI=1S/C22H28O4S4.C21H24O5S.C20H16O5S.C19H12F10O5S/c1-4-19-5-7-20(8-6-19)26-9-10-27-11-12-28-13-14-29-21-15-17(2)22(18(3)16-21)30(23,24)25;1-2-16-7-9-17(10-8-16)15-25-20-5-3-4-6-21(20)26-18-11-13-19(14-12-18)27(22,23)24;1-2-15-3-5-16(6-4-15)24-17-7-9-18(10-8-17)25-19-11-13-20(14-12-19)26(21,22)23;1-2-9-3-5-10(6-4-9)33-7-17(24,25)19(28,29)18(26,27)8-34-15-11(20)13(22)16(35(30,31)32)14(23)12(15)21/h4-8,15-16H,1,9-14H2,2-3H3,(H,23,24,25);2,7-14,20-21H,1,3-6,15H2,(H,22,23,24);2-14H,1H2,(H,21,22,23);2-6H,1,7-8H2,(H,30,31,32)/p-4. The van der Waals surface area contributed by atoms with Crippen LogP contribution in [0.25, 0.3) is 24.3 Å². The van der Waals surface area contributed by atoms with Crippen LogP contribution in [0.15, 0.2) is 233 Å². The second kappa shape index (κ2) is 43.6. The minimum absolute atomic E-state index is 0.0271. The summed E-state index contributed by atoms with van der Waals surface area (Å²) in [6.45, 7) is 13.9. The lowest BCUT2D eigenvalue weighted by molar-refractivity contribution is -0.320. The second-order valence-corrected chi connectivity index (χ2v) is 34.3. The molecule has 2 atom stereocenters. The molecule has 1 aliphatic carbocycles. The van der Waals surface area contributed by atoms with Crippen LogP contribution in [0, 0.1) is 37.1 Å². The van der Waals surface area contributed by atoms with Crippen LogP contribution in [-0.4, -0.2) is 130 Å². The van der Waals surface area contributed by atoms with Crippen LogP contribution < -0.4 is 28.4 Å². The van der Waals surface area contributed by atoms with Gasteiger partial charge in [0.05, 0.1) is 34.0 Å². The quantitative estimate of drug-likeness (QED) is 0.0116. The minimum Gasteiger partial charge on any atom is -0.744 e. The molecule has 0 saturated heterocycles. The molecule has 0 heterocycles. The van der Waals surface area contributed by atoms with Gasteiger partial charge in [-0.3, -0.25) is 0 Å². The molecule has 9 aromatic carbocycles. The molecule has 10 rings (SSSR count). The average molecular weight is 1780 g/mol. The first-order valence-electron chi connectivity index (χ1n) is 35.0. The smallest absolute Gasteiger partial charge is 0.378 e. The Morgan fingerprint density at radius 3 is 1.17 bits per heavy atom. The average Bonchev–Trinajstić information content (AvgIpc) is 0.752. The van der Waals surface area contributed by atoms with E-state index in [9.17, 15) is 95.8 Å². The number of alkyl halides is 6. The maximum Gasteiger partial charge on any atom is 0.378 e. The summed E-state index contributed by atoms with van der Waals surface area (Å²) in [5.74, 6) is -23.5. The van der Waals surface area contributed by atoms with Gasteiger partial charge in [-0.15, -0.1) is 11.8 Å². The number of ether oxygens (including phenoxy) is 7. The number of thioether (sulfide) groups is 3. The van der Waals surface area contributed by atoms with E-state index in [1.54, 1.807) is 74.2 Å². The van der Waals surface area contributed by atoms with Crippen LogP contribution >= 0.6 is 35.3 Å². The van der Waals surface area contributed by atoms with Crippen molar-refractivity contribution in [2.24, 2.45) is 0 Å². The van der Waals surface area contributed by atoms with Crippen LogP contribution in [0.2, 0.25) is 0 Å². The summed E-state index contributed by atoms with van der Waals surface area (Å²) in [7, 11) is -19.5. The Kier molecular flexibility index (Phi) is 35.4. The van der Waals surface area contributed by atoms with E-state index in [1.807, 2.05) is 102 Å². The lowest BCUT2D eigenvalue weighted by Crippen LogP contribution is -2.58. The third-order valence-corrected chi connectivity index (χ3v) is 23.8. The molecular formula is C82H76F10O19S7-4. The van der Waals surface area contributed by atoms with Crippen LogP contribution in [0.1, 0.15) is 64.6 Å². The molecule has 634 valence electrons. The zero-order valence-corrected chi connectivity index (χ0v) is 68.4. The van der Waals surface area contributed by atoms with Crippen molar-refractivity contribution < 1.29 is 129 Å². The Labute approximate surface area is 690 Å². The molecule has 0 bridgehead atoms. The SMILES string of the molecule is C=Cc1ccc(COC2CCCCC2Oc2ccc(S(=O)(=O)[O-])cc2)cc1.C=Cc1ccc(OCC(F)(F)C(F)(F)C(F)(F)COc2c(F)c(F)c(S(=O)(=O)[O-])c(F)c2F)cc1.C=Cc1ccc(OCCSCCSCCSc2cc(C)c(S(=O)(=O)[O-])c(C)c2)cc1.C=Cc1ccc(Oc2ccc(Oc3ccc(S(=O)(=O)[O-])cc3)cc2)cc1. The number of hydrogen-bond acceptors (Lipinski definition) is 22. The minimum atomic E-state index is -6.30. The van der Waals surface area contributed by atoms with Crippen LogP contribution in [0.5, 0.6) is 46.0 Å². The van der Waals surface area contributed by atoms with E-state index in [0.717, 1.165) is 99.5 Å². The molecule has 0 aliphatic heterocycles. The van der Waals surface area contributed by atoms with E-state index in [0.29, 0.717) is 58.7 Å². The van der Waals surface area contributed by atoms with Gasteiger partial charge in [-0.2, -0.15) is 58.6 Å². The van der Waals surface area contributed by atoms with E-state index in [4.69, 9.17) is 23.7 Å². The van der Waals surface area contributed by atoms with Crippen molar-refractivity contribution in [2.75, 3.05) is 48.6 Å². The summed E-state index contributed by atoms with van der Waals surface area (Å²) >= 11 is 5.49. The van der Waals surface area contributed by atoms with Crippen molar-refractivity contribution in [3.8, 4) is 46.0 Å². The highest BCUT2D eigenvalue weighted by Gasteiger charge is 2.72. The van der Waals surface area contributed by atoms with Crippen molar-refractivity contribution in [1.82, 2.24) is 0 Å². The van der Waals surface area contributed by atoms with Gasteiger partial charge < -0.3 is 51.4 Å². The number of halogens is 10. The first kappa shape index (κ1) is 95.8. The fourth-order valence-corrected chi connectivity index (χ4v) is 16.2. The lowest BCUT2D eigenvalue weighted by Gasteiger charge is -2.32. The first-order valence-corrected chi connectivity index (χ1v) is 43.9. The number of benzene rings is 9. The van der Waals surface area contributed by atoms with Gasteiger partial charge in [0, 0.05) is 33.7 Å². The Hall–Kier alpha value is -9.31. The zero-order valence-electron chi connectivity index (χ0n) is 62.7. The van der Waals surface area contributed by atoms with E-state index in [1.165, 1.54) is 66.7 Å². The summed E-state index contributed by atoms with van der Waals surface area (Å²) in [5, 5.41) is 0. The molecule has 118 heavy (non-hydrogen) atoms. The summed E-state index contributed by atoms with van der Waals surface area (Å²) in [5.41, 5.74) is 5.79. The van der Waals surface area contributed by atoms with Gasteiger partial charge in [0.1, 0.15) is 91.7 Å². The second-order valence-electron chi connectivity index (χ2n) is 25.3. The number of hydrogen-bond donors (Lipinski definition) is 0. The van der Waals surface area contributed by atoms with Crippen molar-refractivity contribution in [3.05, 3.63) is 271 Å². The van der Waals surface area contributed by atoms with Gasteiger partial charge >= 0.3 is 17.8 Å². The van der Waals surface area contributed by atoms with E-state index < -0.39 is 111 Å². The Balaban J connectivity index is 0.000000218. The monoisotopic (exact) mass is 1780 g/mol. The molecule has 0 N–H and O–H groups in total. The van der Waals surface area contributed by atoms with Crippen LogP contribution in [0.3, 0.4) is 0 Å². The fourth-order valence-electron chi connectivity index (χ4n) is 10.7. The number of aryl methyl sites for hydroxylation is 2. The van der Waals surface area contributed by atoms with E-state index in [-0.39, 0.29) is 26.9 Å². The zero-order chi connectivity index (χ0) is 86.8. The molecule has 0 radical (unpaired) electrons. The molecule has 19 nitrogen and oxygen atoms in total. The first-order chi connectivity index (χ1) is 55.6. The Morgan fingerprint density at radius 2 is 0.763 bits per heavy atom. The van der Waals surface area contributed by atoms with Crippen molar-refractivity contribution >= 4 is 100 Å². The largest absolute Gasteiger partial charge is 0.744 e. The molecule has 0 amide bonds. The Bertz CT molecular complexity index is 5280. The normalized spacial score (nSPS) is 13.8. The third-order valence-electron chi connectivity index (χ3n) is 16.7. The van der Waals surface area contributed by atoms with E-state index in [2.05, 4.69) is 35.8 Å². The van der Waals surface area contributed by atoms with Gasteiger partial charge in [-0.1, -0.05) is 118 Å². The van der Waals surface area contributed by atoms with Gasteiger partial charge in [-0.25, -0.2) is 42.5 Å². The number of rotatable bonds is 36. The lowest BCUT2D eigenvalue weighted by atomic mass is 9.94. The highest BCUT2D eigenvalue weighted by Crippen LogP contribution is 2.47. The van der Waals surface area contributed by atoms with Gasteiger partial charge in [0.15, 0.2) is 30.6 Å². The molecular weight excluding hydrogens is 1700 g/mol. The van der Waals surface area contributed by atoms with E-state index >= 15 is 0 Å². The molecule has 1 saturated carbocycles. The van der Waals surface area contributed by atoms with Crippen molar-refractivity contribution in [3.63, 3.8) is 0 Å². The third kappa shape index (κ3) is 28.7. The summed E-state index contributed by atoms with van der Waals surface area (Å²) < 4.78 is 308. The van der Waals surface area contributed by atoms with Gasteiger partial charge in [-0.05, 0) is 193 Å². The molecule has 1 fully saturated rings. The summed E-state index contributed by atoms with van der Waals surface area (Å²) in [4.78, 5) is -2.31. The fraction of sp³-hybridized carbons (Fsp3) is 0.244.